The SMILES string of the molecule is O=C(N[C@@H]1CNCCC[C@H]1OC(=O)c1cc(O)c(C(=O)c2c(O)cccc2C(=O)O)c(O)c1)c1ccccc1. The van der Waals surface area contributed by atoms with Crippen LogP contribution in [0.1, 0.15) is 59.8 Å². The third kappa shape index (κ3) is 5.99. The van der Waals surface area contributed by atoms with E-state index in [0.29, 0.717) is 31.5 Å². The van der Waals surface area contributed by atoms with Crippen molar-refractivity contribution in [3.8, 4) is 17.2 Å². The number of carbonyl (C=O) groups excluding carboxylic acids is 3. The number of esters is 1. The molecule has 0 radical (unpaired) electrons. The van der Waals surface area contributed by atoms with Gasteiger partial charge in [-0.1, -0.05) is 24.3 Å². The molecule has 1 saturated heterocycles. The lowest BCUT2D eigenvalue weighted by molar-refractivity contribution is 0.0191. The van der Waals surface area contributed by atoms with Gasteiger partial charge < -0.3 is 35.8 Å². The molecule has 3 aromatic carbocycles. The summed E-state index contributed by atoms with van der Waals surface area (Å²) in [5, 5.41) is 46.6. The third-order valence-electron chi connectivity index (χ3n) is 6.33. The molecule has 1 fully saturated rings. The summed E-state index contributed by atoms with van der Waals surface area (Å²) in [6.07, 6.45) is 0.356. The van der Waals surface area contributed by atoms with E-state index < -0.39 is 63.8 Å². The number of rotatable bonds is 7. The zero-order valence-electron chi connectivity index (χ0n) is 20.6. The molecule has 11 heteroatoms. The van der Waals surface area contributed by atoms with Gasteiger partial charge in [0.15, 0.2) is 0 Å². The summed E-state index contributed by atoms with van der Waals surface area (Å²) < 4.78 is 5.65. The van der Waals surface area contributed by atoms with Crippen molar-refractivity contribution in [3.05, 3.63) is 88.5 Å². The van der Waals surface area contributed by atoms with Crippen molar-refractivity contribution in [2.75, 3.05) is 13.1 Å². The van der Waals surface area contributed by atoms with Crippen LogP contribution in [0.25, 0.3) is 0 Å². The van der Waals surface area contributed by atoms with Crippen LogP contribution in [0.4, 0.5) is 0 Å². The predicted molar refractivity (Wildman–Crippen MR) is 137 cm³/mol. The summed E-state index contributed by atoms with van der Waals surface area (Å²) >= 11 is 0. The second kappa shape index (κ2) is 11.7. The molecule has 0 unspecified atom stereocenters. The van der Waals surface area contributed by atoms with E-state index >= 15 is 0 Å². The van der Waals surface area contributed by atoms with Crippen molar-refractivity contribution >= 4 is 23.6 Å². The summed E-state index contributed by atoms with van der Waals surface area (Å²) in [6.45, 7) is 0.988. The first-order valence-corrected chi connectivity index (χ1v) is 12.1. The number of phenolic OH excluding ortho intramolecular Hbond substituents is 3. The third-order valence-corrected chi connectivity index (χ3v) is 6.33. The van der Waals surface area contributed by atoms with Gasteiger partial charge in [-0.2, -0.15) is 0 Å². The minimum Gasteiger partial charge on any atom is -0.507 e. The largest absolute Gasteiger partial charge is 0.507 e. The van der Waals surface area contributed by atoms with Crippen LogP contribution in [0.2, 0.25) is 0 Å². The lowest BCUT2D eigenvalue weighted by Crippen LogP contribution is -2.49. The molecular weight excluding hydrogens is 508 g/mol. The normalized spacial score (nSPS) is 17.0. The molecule has 3 aromatic rings. The van der Waals surface area contributed by atoms with Crippen LogP contribution in [-0.4, -0.2) is 69.3 Å². The molecule has 0 spiro atoms. The summed E-state index contributed by atoms with van der Waals surface area (Å²) in [4.78, 5) is 50.2. The van der Waals surface area contributed by atoms with Gasteiger partial charge in [0.05, 0.1) is 22.7 Å². The first-order chi connectivity index (χ1) is 18.7. The van der Waals surface area contributed by atoms with Crippen molar-refractivity contribution < 1.29 is 44.3 Å². The number of aromatic carboxylic acids is 1. The molecule has 6 N–H and O–H groups in total. The number of amides is 1. The van der Waals surface area contributed by atoms with Crippen molar-refractivity contribution in [1.82, 2.24) is 10.6 Å². The fraction of sp³-hybridized carbons (Fsp3) is 0.214. The Bertz CT molecular complexity index is 1400. The number of carboxylic acid groups (broad SMARTS) is 1. The van der Waals surface area contributed by atoms with E-state index in [-0.39, 0.29) is 11.5 Å². The van der Waals surface area contributed by atoms with Crippen LogP contribution in [-0.2, 0) is 4.74 Å². The maximum Gasteiger partial charge on any atom is 0.338 e. The van der Waals surface area contributed by atoms with E-state index in [0.717, 1.165) is 24.3 Å². The number of aromatic hydroxyl groups is 3. The zero-order chi connectivity index (χ0) is 28.1. The van der Waals surface area contributed by atoms with E-state index in [1.807, 2.05) is 0 Å². The molecule has 0 bridgehead atoms. The predicted octanol–water partition coefficient (Wildman–Crippen LogP) is 2.44. The quantitative estimate of drug-likeness (QED) is 0.194. The van der Waals surface area contributed by atoms with Crippen molar-refractivity contribution in [2.24, 2.45) is 0 Å². The Kier molecular flexibility index (Phi) is 8.11. The average molecular weight is 535 g/mol. The first kappa shape index (κ1) is 27.1. The number of hydrogen-bond donors (Lipinski definition) is 6. The zero-order valence-corrected chi connectivity index (χ0v) is 20.6. The number of carbonyl (C=O) groups is 4. The second-order valence-electron chi connectivity index (χ2n) is 8.96. The van der Waals surface area contributed by atoms with Crippen LogP contribution in [0.15, 0.2) is 60.7 Å². The highest BCUT2D eigenvalue weighted by atomic mass is 16.5. The molecule has 39 heavy (non-hydrogen) atoms. The molecule has 0 aromatic heterocycles. The fourth-order valence-electron chi connectivity index (χ4n) is 4.39. The fourth-order valence-corrected chi connectivity index (χ4v) is 4.39. The summed E-state index contributed by atoms with van der Waals surface area (Å²) in [5.41, 5.74) is -1.69. The molecule has 1 heterocycles. The molecule has 1 aliphatic rings. The van der Waals surface area contributed by atoms with Gasteiger partial charge in [0.25, 0.3) is 5.91 Å². The Balaban J connectivity index is 1.56. The minimum atomic E-state index is -1.50. The second-order valence-corrected chi connectivity index (χ2v) is 8.96. The topological polar surface area (TPSA) is 182 Å². The number of benzene rings is 3. The van der Waals surface area contributed by atoms with E-state index in [2.05, 4.69) is 10.6 Å². The first-order valence-electron chi connectivity index (χ1n) is 12.1. The Hall–Kier alpha value is -4.90. The number of phenols is 3. The number of carboxylic acids is 1. The van der Waals surface area contributed by atoms with Crippen molar-refractivity contribution in [3.63, 3.8) is 0 Å². The molecule has 2 atom stereocenters. The highest BCUT2D eigenvalue weighted by Crippen LogP contribution is 2.35. The molecule has 11 nitrogen and oxygen atoms in total. The standard InChI is InChI=1S/C28H26N2O9/c31-19-9-4-8-17(27(36)37)23(19)25(34)24-20(32)12-16(13-21(24)33)28(38)39-22-10-5-11-29-14-18(22)30-26(35)15-6-2-1-3-7-15/h1-4,6-9,12-13,18,22,29,31-33H,5,10-11,14H2,(H,30,35)(H,36,37)/t18-,22-/m1/s1. The number of nitrogens with one attached hydrogen (secondary N) is 2. The van der Waals surface area contributed by atoms with Crippen LogP contribution < -0.4 is 10.6 Å². The lowest BCUT2D eigenvalue weighted by Gasteiger charge is -2.26. The maximum absolute atomic E-state index is 13.0. The van der Waals surface area contributed by atoms with Gasteiger partial charge in [0.2, 0.25) is 5.78 Å². The number of ketones is 1. The monoisotopic (exact) mass is 534 g/mol. The highest BCUT2D eigenvalue weighted by Gasteiger charge is 2.31. The molecular formula is C28H26N2O9. The number of ether oxygens (including phenoxy) is 1. The Morgan fingerprint density at radius 1 is 0.846 bits per heavy atom. The maximum atomic E-state index is 13.0. The number of hydrogen-bond acceptors (Lipinski definition) is 9. The van der Waals surface area contributed by atoms with Crippen LogP contribution >= 0.6 is 0 Å². The Labute approximate surface area is 222 Å². The Morgan fingerprint density at radius 2 is 1.54 bits per heavy atom. The van der Waals surface area contributed by atoms with Gasteiger partial charge in [0.1, 0.15) is 28.9 Å². The minimum absolute atomic E-state index is 0.275. The van der Waals surface area contributed by atoms with Crippen LogP contribution in [0.5, 0.6) is 17.2 Å². The summed E-state index contributed by atoms with van der Waals surface area (Å²) in [6, 6.07) is 13.2. The summed E-state index contributed by atoms with van der Waals surface area (Å²) in [5.74, 6) is -6.20. The van der Waals surface area contributed by atoms with Gasteiger partial charge in [-0.15, -0.1) is 0 Å². The molecule has 4 rings (SSSR count). The molecule has 202 valence electrons. The van der Waals surface area contributed by atoms with E-state index in [9.17, 15) is 39.6 Å². The van der Waals surface area contributed by atoms with E-state index in [4.69, 9.17) is 4.74 Å². The Morgan fingerprint density at radius 3 is 2.21 bits per heavy atom. The van der Waals surface area contributed by atoms with Gasteiger partial charge in [0, 0.05) is 12.1 Å². The molecule has 1 aliphatic heterocycles. The molecule has 0 aliphatic carbocycles. The van der Waals surface area contributed by atoms with E-state index in [1.165, 1.54) is 6.07 Å². The van der Waals surface area contributed by atoms with Gasteiger partial charge in [-0.25, -0.2) is 9.59 Å². The van der Waals surface area contributed by atoms with Gasteiger partial charge in [-0.3, -0.25) is 9.59 Å². The van der Waals surface area contributed by atoms with Gasteiger partial charge >= 0.3 is 11.9 Å². The summed E-state index contributed by atoms with van der Waals surface area (Å²) in [7, 11) is 0. The van der Waals surface area contributed by atoms with Crippen molar-refractivity contribution in [2.45, 2.75) is 25.0 Å². The van der Waals surface area contributed by atoms with Crippen LogP contribution in [0, 0.1) is 0 Å². The van der Waals surface area contributed by atoms with Crippen LogP contribution in [0.3, 0.4) is 0 Å². The van der Waals surface area contributed by atoms with E-state index in [1.54, 1.807) is 30.3 Å². The molecule has 1 amide bonds. The lowest BCUT2D eigenvalue weighted by atomic mass is 9.95. The smallest absolute Gasteiger partial charge is 0.338 e. The molecule has 0 saturated carbocycles. The highest BCUT2D eigenvalue weighted by molar-refractivity contribution is 6.18. The average Bonchev–Trinajstić information content (AvgIpc) is 3.13. The van der Waals surface area contributed by atoms with Gasteiger partial charge in [-0.05, 0) is 55.8 Å². The van der Waals surface area contributed by atoms with Crippen molar-refractivity contribution in [1.29, 1.82) is 0 Å².